The minimum Gasteiger partial charge on any atom is -0.493 e. The number of piperidine rings is 2. The number of aliphatic hydroxyl groups is 1. The van der Waals surface area contributed by atoms with Gasteiger partial charge < -0.3 is 24.4 Å². The van der Waals surface area contributed by atoms with Crippen LogP contribution in [-0.2, 0) is 9.59 Å². The smallest absolute Gasteiger partial charge is 0.226 e. The number of rotatable bonds is 9. The highest BCUT2D eigenvalue weighted by Crippen LogP contribution is 2.36. The number of hydrogen-bond donors (Lipinski definition) is 1. The van der Waals surface area contributed by atoms with Crippen molar-refractivity contribution in [2.24, 2.45) is 5.41 Å². The summed E-state index contributed by atoms with van der Waals surface area (Å²) >= 11 is 6.34. The van der Waals surface area contributed by atoms with Crippen LogP contribution in [0.25, 0.3) is 0 Å². The SMILES string of the molecule is Cc1cc(OCC2(CC(=O)N3CCC(O)CC3)CCCN(C(=O)CCOc3ccc(F)cc3)C2)cc(C)c1Cl. The molecule has 1 atom stereocenters. The number of aliphatic hydroxyl groups excluding tert-OH is 1. The van der Waals surface area contributed by atoms with Gasteiger partial charge in [0.05, 0.1) is 25.7 Å². The number of halogens is 2. The van der Waals surface area contributed by atoms with Gasteiger partial charge in [0.25, 0.3) is 0 Å². The predicted octanol–water partition coefficient (Wildman–Crippen LogP) is 4.93. The normalized spacial score (nSPS) is 20.1. The van der Waals surface area contributed by atoms with Crippen LogP contribution in [0.3, 0.4) is 0 Å². The lowest BCUT2D eigenvalue weighted by Crippen LogP contribution is -2.52. The molecule has 0 radical (unpaired) electrons. The van der Waals surface area contributed by atoms with Crippen molar-refractivity contribution in [1.82, 2.24) is 9.80 Å². The Balaban J connectivity index is 1.44. The maximum Gasteiger partial charge on any atom is 0.226 e. The molecule has 0 saturated carbocycles. The summed E-state index contributed by atoms with van der Waals surface area (Å²) in [6.07, 6.45) is 2.78. The lowest BCUT2D eigenvalue weighted by Gasteiger charge is -2.43. The Bertz CT molecular complexity index is 1130. The van der Waals surface area contributed by atoms with E-state index in [9.17, 15) is 19.1 Å². The summed E-state index contributed by atoms with van der Waals surface area (Å²) in [6, 6.07) is 9.51. The van der Waals surface area contributed by atoms with Crippen molar-refractivity contribution < 1.29 is 28.6 Å². The van der Waals surface area contributed by atoms with Gasteiger partial charge in [0.1, 0.15) is 17.3 Å². The van der Waals surface area contributed by atoms with E-state index >= 15 is 0 Å². The van der Waals surface area contributed by atoms with Crippen molar-refractivity contribution in [3.8, 4) is 11.5 Å². The Morgan fingerprint density at radius 1 is 1.00 bits per heavy atom. The Kier molecular flexibility index (Phi) is 9.72. The Labute approximate surface area is 234 Å². The minimum atomic E-state index is -0.541. The second kappa shape index (κ2) is 13.0. The first kappa shape index (κ1) is 29.2. The monoisotopic (exact) mass is 560 g/mol. The molecule has 0 aromatic heterocycles. The zero-order chi connectivity index (χ0) is 28.0. The number of ether oxygens (including phenoxy) is 2. The zero-order valence-electron chi connectivity index (χ0n) is 22.8. The molecule has 0 aliphatic carbocycles. The number of aryl methyl sites for hydroxylation is 2. The molecule has 2 aromatic rings. The fraction of sp³-hybridized carbons (Fsp3) is 0.533. The molecular formula is C30H38ClFN2O5. The highest BCUT2D eigenvalue weighted by atomic mass is 35.5. The maximum atomic E-state index is 13.4. The predicted molar refractivity (Wildman–Crippen MR) is 148 cm³/mol. The Hall–Kier alpha value is -2.84. The minimum absolute atomic E-state index is 0.0305. The molecule has 2 aliphatic rings. The van der Waals surface area contributed by atoms with E-state index < -0.39 is 5.41 Å². The summed E-state index contributed by atoms with van der Waals surface area (Å²) in [6.45, 7) is 6.44. The van der Waals surface area contributed by atoms with E-state index in [4.69, 9.17) is 21.1 Å². The first-order valence-electron chi connectivity index (χ1n) is 13.7. The summed E-state index contributed by atoms with van der Waals surface area (Å²) in [7, 11) is 0. The third kappa shape index (κ3) is 7.85. The van der Waals surface area contributed by atoms with E-state index in [1.807, 2.05) is 35.8 Å². The summed E-state index contributed by atoms with van der Waals surface area (Å²) in [4.78, 5) is 30.2. The standard InChI is InChI=1S/C30H38ClFN2O5/c1-21-16-26(17-22(2)29(21)31)39-20-30(18-28(37)33-13-8-24(35)9-14-33)11-3-12-34(19-30)27(36)10-15-38-25-6-4-23(32)5-7-25/h4-7,16-17,24,35H,3,8-15,18-20H2,1-2H3. The molecule has 2 saturated heterocycles. The van der Waals surface area contributed by atoms with Crippen LogP contribution in [0.1, 0.15) is 49.7 Å². The van der Waals surface area contributed by atoms with Crippen LogP contribution in [0.5, 0.6) is 11.5 Å². The molecule has 2 aromatic carbocycles. The van der Waals surface area contributed by atoms with Crippen molar-refractivity contribution >= 4 is 23.4 Å². The summed E-state index contributed by atoms with van der Waals surface area (Å²) < 4.78 is 25.1. The first-order chi connectivity index (χ1) is 18.6. The fourth-order valence-electron chi connectivity index (χ4n) is 5.45. The Morgan fingerprint density at radius 2 is 1.67 bits per heavy atom. The van der Waals surface area contributed by atoms with Crippen LogP contribution in [0.4, 0.5) is 4.39 Å². The van der Waals surface area contributed by atoms with E-state index in [-0.39, 0.29) is 43.2 Å². The number of carbonyl (C=O) groups is 2. The van der Waals surface area contributed by atoms with Crippen molar-refractivity contribution in [3.05, 3.63) is 58.4 Å². The van der Waals surface area contributed by atoms with E-state index in [0.717, 1.165) is 24.0 Å². The van der Waals surface area contributed by atoms with E-state index in [1.54, 1.807) is 0 Å². The highest BCUT2D eigenvalue weighted by molar-refractivity contribution is 6.32. The van der Waals surface area contributed by atoms with Crippen molar-refractivity contribution in [2.75, 3.05) is 39.4 Å². The summed E-state index contributed by atoms with van der Waals surface area (Å²) in [5.41, 5.74) is 1.30. The topological polar surface area (TPSA) is 79.3 Å². The molecule has 0 spiro atoms. The molecule has 212 valence electrons. The molecule has 2 aliphatic heterocycles. The molecule has 2 amide bonds. The van der Waals surface area contributed by atoms with Crippen LogP contribution < -0.4 is 9.47 Å². The third-order valence-corrected chi connectivity index (χ3v) is 8.31. The van der Waals surface area contributed by atoms with E-state index in [1.165, 1.54) is 24.3 Å². The largest absolute Gasteiger partial charge is 0.493 e. The highest BCUT2D eigenvalue weighted by Gasteiger charge is 2.41. The molecule has 2 fully saturated rings. The average molecular weight is 561 g/mol. The molecule has 1 unspecified atom stereocenters. The van der Waals surface area contributed by atoms with Crippen LogP contribution in [0, 0.1) is 25.1 Å². The lowest BCUT2D eigenvalue weighted by molar-refractivity contribution is -0.143. The van der Waals surface area contributed by atoms with Gasteiger partial charge in [-0.15, -0.1) is 0 Å². The lowest BCUT2D eigenvalue weighted by atomic mass is 9.77. The maximum absolute atomic E-state index is 13.4. The number of likely N-dealkylation sites (tertiary alicyclic amines) is 2. The second-order valence-electron chi connectivity index (χ2n) is 10.9. The molecular weight excluding hydrogens is 523 g/mol. The number of nitrogens with zero attached hydrogens (tertiary/aromatic N) is 2. The quantitative estimate of drug-likeness (QED) is 0.471. The van der Waals surface area contributed by atoms with Crippen LogP contribution >= 0.6 is 11.6 Å². The van der Waals surface area contributed by atoms with Crippen molar-refractivity contribution in [1.29, 1.82) is 0 Å². The third-order valence-electron chi connectivity index (χ3n) is 7.71. The van der Waals surface area contributed by atoms with Crippen LogP contribution in [-0.4, -0.2) is 72.2 Å². The van der Waals surface area contributed by atoms with Gasteiger partial charge >= 0.3 is 0 Å². The molecule has 9 heteroatoms. The molecule has 1 N–H and O–H groups in total. The van der Waals surface area contributed by atoms with Gasteiger partial charge in [-0.05, 0) is 87.1 Å². The van der Waals surface area contributed by atoms with Gasteiger partial charge in [0.15, 0.2) is 0 Å². The fourth-order valence-corrected chi connectivity index (χ4v) is 5.56. The van der Waals surface area contributed by atoms with E-state index in [2.05, 4.69) is 0 Å². The number of benzene rings is 2. The Morgan fingerprint density at radius 3 is 2.33 bits per heavy atom. The van der Waals surface area contributed by atoms with Crippen molar-refractivity contribution in [3.63, 3.8) is 0 Å². The first-order valence-corrected chi connectivity index (χ1v) is 14.0. The van der Waals surface area contributed by atoms with Gasteiger partial charge in [-0.3, -0.25) is 9.59 Å². The van der Waals surface area contributed by atoms with Crippen LogP contribution in [0.2, 0.25) is 5.02 Å². The van der Waals surface area contributed by atoms with Gasteiger partial charge in [0.2, 0.25) is 11.8 Å². The molecule has 0 bridgehead atoms. The summed E-state index contributed by atoms with van der Waals surface area (Å²) in [5.74, 6) is 0.843. The average Bonchev–Trinajstić information content (AvgIpc) is 2.92. The van der Waals surface area contributed by atoms with Crippen molar-refractivity contribution in [2.45, 2.75) is 58.5 Å². The summed E-state index contributed by atoms with van der Waals surface area (Å²) in [5, 5.41) is 10.6. The molecule has 2 heterocycles. The van der Waals surface area contributed by atoms with Crippen LogP contribution in [0.15, 0.2) is 36.4 Å². The second-order valence-corrected chi connectivity index (χ2v) is 11.3. The molecule has 4 rings (SSSR count). The van der Waals surface area contributed by atoms with Gasteiger partial charge in [-0.25, -0.2) is 4.39 Å². The zero-order valence-corrected chi connectivity index (χ0v) is 23.5. The molecule has 39 heavy (non-hydrogen) atoms. The van der Waals surface area contributed by atoms with Gasteiger partial charge in [0, 0.05) is 43.0 Å². The molecule has 7 nitrogen and oxygen atoms in total. The van der Waals surface area contributed by atoms with E-state index in [0.29, 0.717) is 62.1 Å². The number of amides is 2. The number of hydrogen-bond acceptors (Lipinski definition) is 5. The van der Waals surface area contributed by atoms with Gasteiger partial charge in [-0.2, -0.15) is 0 Å². The van der Waals surface area contributed by atoms with Gasteiger partial charge in [-0.1, -0.05) is 11.6 Å². The number of carbonyl (C=O) groups excluding carboxylic acids is 2.